The number of carbonyl (C=O) groups is 2. The van der Waals surface area contributed by atoms with Crippen LogP contribution in [0.1, 0.15) is 27.2 Å². The van der Waals surface area contributed by atoms with Crippen molar-refractivity contribution in [1.82, 2.24) is 10.2 Å². The predicted octanol–water partition coefficient (Wildman–Crippen LogP) is 5.65. The van der Waals surface area contributed by atoms with E-state index in [0.29, 0.717) is 21.3 Å². The Kier molecular flexibility index (Phi) is 6.06. The number of nitrogens with zero attached hydrogens (tertiary/aromatic N) is 4. The minimum absolute atomic E-state index is 0.0139. The summed E-state index contributed by atoms with van der Waals surface area (Å²) in [7, 11) is 0. The molecule has 12 heteroatoms. The first-order valence-corrected chi connectivity index (χ1v) is 14.5. The first-order valence-electron chi connectivity index (χ1n) is 12.7. The van der Waals surface area contributed by atoms with Gasteiger partial charge in [-0.25, -0.2) is 8.78 Å². The molecule has 0 aliphatic carbocycles. The molecule has 2 amide bonds. The Labute approximate surface area is 244 Å². The molecule has 2 aliphatic rings. The average molecular weight is 601 g/mol. The van der Waals surface area contributed by atoms with Crippen molar-refractivity contribution < 1.29 is 22.8 Å². The van der Waals surface area contributed by atoms with Gasteiger partial charge in [0.2, 0.25) is 10.9 Å². The number of carbonyl (C=O) groups excluding carboxylic acids is 2. The molecule has 1 unspecified atom stereocenters. The summed E-state index contributed by atoms with van der Waals surface area (Å²) in [6, 6.07) is 16.3. The third kappa shape index (κ3) is 3.68. The van der Waals surface area contributed by atoms with Crippen LogP contribution in [0.15, 0.2) is 92.9 Å². The van der Waals surface area contributed by atoms with Gasteiger partial charge in [0.25, 0.3) is 11.8 Å². The normalized spacial score (nSPS) is 17.4. The van der Waals surface area contributed by atoms with E-state index in [1.807, 2.05) is 0 Å². The summed E-state index contributed by atoms with van der Waals surface area (Å²) < 4.78 is 34.0. The quantitative estimate of drug-likeness (QED) is 0.141. The van der Waals surface area contributed by atoms with Gasteiger partial charge in [0.15, 0.2) is 15.3 Å². The topological polar surface area (TPSA) is 96.6 Å². The molecule has 1 spiro atoms. The van der Waals surface area contributed by atoms with E-state index >= 15 is 0 Å². The molecule has 3 aromatic carbocycles. The van der Waals surface area contributed by atoms with Crippen molar-refractivity contribution in [3.63, 3.8) is 0 Å². The van der Waals surface area contributed by atoms with Crippen molar-refractivity contribution in [2.45, 2.75) is 15.6 Å². The van der Waals surface area contributed by atoms with E-state index in [1.54, 1.807) is 42.5 Å². The Morgan fingerprint density at radius 1 is 1.00 bits per heavy atom. The Hall–Kier alpha value is -4.68. The van der Waals surface area contributed by atoms with Crippen LogP contribution in [0.2, 0.25) is 0 Å². The maximum Gasteiger partial charge on any atom is 0.297 e. The van der Waals surface area contributed by atoms with Gasteiger partial charge < -0.3 is 9.32 Å². The van der Waals surface area contributed by atoms with Crippen LogP contribution in [0.3, 0.4) is 0 Å². The molecule has 7 rings (SSSR count). The zero-order valence-corrected chi connectivity index (χ0v) is 23.2. The number of hydrogen-bond donors (Lipinski definition) is 0. The number of aromatic nitrogens is 2. The van der Waals surface area contributed by atoms with Crippen molar-refractivity contribution >= 4 is 56.7 Å². The summed E-state index contributed by atoms with van der Waals surface area (Å²) in [4.78, 5) is 45.4. The molecule has 2 aromatic heterocycles. The summed E-state index contributed by atoms with van der Waals surface area (Å²) >= 11 is 2.39. The number of thioether (sulfide) groups is 1. The first-order chi connectivity index (χ1) is 20.3. The van der Waals surface area contributed by atoms with Crippen LogP contribution in [0.5, 0.6) is 0 Å². The van der Waals surface area contributed by atoms with Crippen molar-refractivity contribution in [2.75, 3.05) is 16.3 Å². The van der Waals surface area contributed by atoms with Gasteiger partial charge >= 0.3 is 0 Å². The molecule has 0 fully saturated rings. The molecule has 8 nitrogen and oxygen atoms in total. The second kappa shape index (κ2) is 9.71. The highest BCUT2D eigenvalue weighted by atomic mass is 32.2. The zero-order valence-electron chi connectivity index (χ0n) is 21.5. The van der Waals surface area contributed by atoms with Crippen LogP contribution < -0.4 is 15.2 Å². The first kappa shape index (κ1) is 26.2. The summed E-state index contributed by atoms with van der Waals surface area (Å²) in [5.74, 6) is -2.19. The molecule has 0 bridgehead atoms. The van der Waals surface area contributed by atoms with Gasteiger partial charge in [0.05, 0.1) is 16.6 Å². The van der Waals surface area contributed by atoms with Gasteiger partial charge in [-0.3, -0.25) is 19.3 Å². The van der Waals surface area contributed by atoms with Gasteiger partial charge in [0, 0.05) is 17.9 Å². The fourth-order valence-corrected chi connectivity index (χ4v) is 7.37. The summed E-state index contributed by atoms with van der Waals surface area (Å²) in [5, 5.41) is 8.48. The minimum Gasteiger partial charge on any atom is -0.450 e. The van der Waals surface area contributed by atoms with Gasteiger partial charge in [0.1, 0.15) is 17.2 Å². The van der Waals surface area contributed by atoms with Crippen LogP contribution in [0, 0.1) is 11.6 Å². The molecule has 0 N–H and O–H groups in total. The highest BCUT2D eigenvalue weighted by molar-refractivity contribution is 8.00. The summed E-state index contributed by atoms with van der Waals surface area (Å²) in [5.41, 5.74) is -1.13. The number of benzene rings is 3. The molecule has 5 aromatic rings. The monoisotopic (exact) mass is 600 g/mol. The fourth-order valence-electron chi connectivity index (χ4n) is 5.52. The van der Waals surface area contributed by atoms with Crippen molar-refractivity contribution in [3.8, 4) is 0 Å². The third-order valence-electron chi connectivity index (χ3n) is 7.26. The highest BCUT2D eigenvalue weighted by Crippen LogP contribution is 2.54. The molecule has 208 valence electrons. The van der Waals surface area contributed by atoms with E-state index in [4.69, 9.17) is 4.42 Å². The minimum atomic E-state index is -1.97. The predicted molar refractivity (Wildman–Crippen MR) is 155 cm³/mol. The third-order valence-corrected chi connectivity index (χ3v) is 9.37. The van der Waals surface area contributed by atoms with Crippen molar-refractivity contribution in [1.29, 1.82) is 0 Å². The standard InChI is InChI=1S/C30H18F2N4O4S2/c1-2-13-35-21-6-4-3-5-20(21)30(27(35)39)23-24(37)19-14-18(32)11-12-22(19)40-25(23)26(38)36(30)28-33-34-29(42-28)41-15-16-7-9-17(31)10-8-16/h2-12,14H,1,13,15H2. The molecule has 0 saturated carbocycles. The molecule has 2 aliphatic heterocycles. The van der Waals surface area contributed by atoms with Crippen LogP contribution >= 0.6 is 23.1 Å². The molecule has 0 radical (unpaired) electrons. The smallest absolute Gasteiger partial charge is 0.297 e. The van der Waals surface area contributed by atoms with Gasteiger partial charge in [-0.05, 0) is 42.0 Å². The zero-order chi connectivity index (χ0) is 29.2. The Balaban J connectivity index is 1.43. The summed E-state index contributed by atoms with van der Waals surface area (Å²) in [6.45, 7) is 3.87. The molecule has 4 heterocycles. The largest absolute Gasteiger partial charge is 0.450 e. The lowest BCUT2D eigenvalue weighted by Gasteiger charge is -2.31. The van der Waals surface area contributed by atoms with E-state index in [9.17, 15) is 23.2 Å². The highest BCUT2D eigenvalue weighted by Gasteiger charge is 2.66. The second-order valence-corrected chi connectivity index (χ2v) is 11.8. The van der Waals surface area contributed by atoms with Crippen molar-refractivity contribution in [2.24, 2.45) is 0 Å². The number of hydrogen-bond acceptors (Lipinski definition) is 8. The molecular formula is C30H18F2N4O4S2. The van der Waals surface area contributed by atoms with E-state index in [2.05, 4.69) is 16.8 Å². The number of para-hydroxylation sites is 1. The number of rotatable bonds is 6. The second-order valence-electron chi connectivity index (χ2n) is 9.61. The molecule has 42 heavy (non-hydrogen) atoms. The van der Waals surface area contributed by atoms with E-state index in [-0.39, 0.29) is 39.8 Å². The van der Waals surface area contributed by atoms with E-state index in [0.717, 1.165) is 29.0 Å². The SMILES string of the molecule is C=CCN1C(=O)C2(c3ccccc31)c1c(oc3ccc(F)cc3c1=O)C(=O)N2c1nnc(SCc2ccc(F)cc2)s1. The van der Waals surface area contributed by atoms with Crippen LogP contribution in [-0.4, -0.2) is 28.6 Å². The lowest BCUT2D eigenvalue weighted by atomic mass is 9.84. The Bertz CT molecular complexity index is 2010. The van der Waals surface area contributed by atoms with Gasteiger partial charge in [-0.1, -0.05) is 59.5 Å². The Morgan fingerprint density at radius 2 is 1.76 bits per heavy atom. The van der Waals surface area contributed by atoms with Crippen LogP contribution in [0.25, 0.3) is 11.0 Å². The number of anilines is 2. The number of amides is 2. The molecule has 0 saturated heterocycles. The Morgan fingerprint density at radius 3 is 2.55 bits per heavy atom. The van der Waals surface area contributed by atoms with Gasteiger partial charge in [-0.15, -0.1) is 16.8 Å². The van der Waals surface area contributed by atoms with Gasteiger partial charge in [-0.2, -0.15) is 0 Å². The van der Waals surface area contributed by atoms with Crippen molar-refractivity contribution in [3.05, 3.63) is 124 Å². The van der Waals surface area contributed by atoms with Crippen LogP contribution in [0.4, 0.5) is 19.6 Å². The lowest BCUT2D eigenvalue weighted by Crippen LogP contribution is -2.53. The van der Waals surface area contributed by atoms with E-state index in [1.165, 1.54) is 39.8 Å². The maximum atomic E-state index is 14.5. The molecular weight excluding hydrogens is 582 g/mol. The molecule has 1 atom stereocenters. The average Bonchev–Trinajstić information content (AvgIpc) is 3.63. The fraction of sp³-hybridized carbons (Fsp3) is 0.100. The summed E-state index contributed by atoms with van der Waals surface area (Å²) in [6.07, 6.45) is 1.54. The maximum absolute atomic E-state index is 14.5. The lowest BCUT2D eigenvalue weighted by molar-refractivity contribution is -0.121. The van der Waals surface area contributed by atoms with E-state index < -0.39 is 28.6 Å². The number of halogens is 2. The van der Waals surface area contributed by atoms with Crippen LogP contribution in [-0.2, 0) is 16.1 Å². The number of fused-ring (bicyclic) bond motifs is 5.